The highest BCUT2D eigenvalue weighted by molar-refractivity contribution is 7.21. The molecule has 29 heavy (non-hydrogen) atoms. The molecular weight excluding hydrogens is 388 g/mol. The van der Waals surface area contributed by atoms with E-state index in [1.807, 2.05) is 36.4 Å². The fourth-order valence-corrected chi connectivity index (χ4v) is 4.08. The number of benzene rings is 2. The summed E-state index contributed by atoms with van der Waals surface area (Å²) in [4.78, 5) is 31.8. The molecule has 4 aromatic rings. The molecule has 0 amide bonds. The molecule has 0 aliphatic rings. The van der Waals surface area contributed by atoms with Crippen molar-refractivity contribution in [3.8, 4) is 21.9 Å². The fourth-order valence-electron chi connectivity index (χ4n) is 3.09. The highest BCUT2D eigenvalue weighted by atomic mass is 32.1. The van der Waals surface area contributed by atoms with Crippen molar-refractivity contribution in [1.82, 2.24) is 9.55 Å². The lowest BCUT2D eigenvalue weighted by atomic mass is 10.1. The Morgan fingerprint density at radius 1 is 1.07 bits per heavy atom. The highest BCUT2D eigenvalue weighted by Crippen LogP contribution is 2.30. The number of ether oxygens (including phenoxy) is 2. The van der Waals surface area contributed by atoms with Crippen molar-refractivity contribution in [3.63, 3.8) is 0 Å². The molecule has 0 radical (unpaired) electrons. The van der Waals surface area contributed by atoms with Gasteiger partial charge in [-0.15, -0.1) is 11.3 Å². The lowest BCUT2D eigenvalue weighted by Gasteiger charge is -2.10. The molecule has 0 saturated heterocycles. The maximum absolute atomic E-state index is 12.9. The molecule has 0 aliphatic carbocycles. The van der Waals surface area contributed by atoms with Crippen molar-refractivity contribution >= 4 is 27.3 Å². The smallest absolute Gasteiger partial charge is 0.262 e. The summed E-state index contributed by atoms with van der Waals surface area (Å²) < 4.78 is 11.8. The number of Topliss-reactive ketones (excluding diaryl/α,β-unsaturated/α-hetero) is 1. The van der Waals surface area contributed by atoms with E-state index in [1.165, 1.54) is 36.5 Å². The predicted molar refractivity (Wildman–Crippen MR) is 113 cm³/mol. The zero-order chi connectivity index (χ0) is 20.4. The lowest BCUT2D eigenvalue weighted by Crippen LogP contribution is -2.24. The van der Waals surface area contributed by atoms with Crippen molar-refractivity contribution in [2.75, 3.05) is 14.2 Å². The molecule has 0 bridgehead atoms. The topological polar surface area (TPSA) is 70.4 Å². The van der Waals surface area contributed by atoms with Crippen molar-refractivity contribution in [2.24, 2.45) is 0 Å². The molecule has 0 fully saturated rings. The van der Waals surface area contributed by atoms with Gasteiger partial charge in [0, 0.05) is 4.88 Å². The Kier molecular flexibility index (Phi) is 5.14. The van der Waals surface area contributed by atoms with Crippen LogP contribution in [-0.2, 0) is 6.54 Å². The number of fused-ring (bicyclic) bond motifs is 1. The van der Waals surface area contributed by atoms with E-state index in [0.717, 1.165) is 10.4 Å². The van der Waals surface area contributed by atoms with Gasteiger partial charge in [-0.25, -0.2) is 4.98 Å². The Morgan fingerprint density at radius 2 is 1.86 bits per heavy atom. The van der Waals surface area contributed by atoms with Crippen LogP contribution in [-0.4, -0.2) is 29.6 Å². The third kappa shape index (κ3) is 3.64. The summed E-state index contributed by atoms with van der Waals surface area (Å²) in [6, 6.07) is 16.6. The normalized spacial score (nSPS) is 10.8. The van der Waals surface area contributed by atoms with Gasteiger partial charge in [0.25, 0.3) is 5.56 Å². The molecule has 0 saturated carbocycles. The Bertz CT molecular complexity index is 1240. The highest BCUT2D eigenvalue weighted by Gasteiger charge is 2.17. The molecule has 0 atom stereocenters. The zero-order valence-electron chi connectivity index (χ0n) is 15.9. The molecule has 146 valence electrons. The van der Waals surface area contributed by atoms with E-state index in [9.17, 15) is 9.59 Å². The standard InChI is InChI=1S/C22H18N2O4S/c1-27-15-8-9-19(28-2)16(10-15)18(25)12-24-13-23-21-17(22(24)26)11-20(29-21)14-6-4-3-5-7-14/h3-11,13H,12H2,1-2H3. The summed E-state index contributed by atoms with van der Waals surface area (Å²) in [6.07, 6.45) is 1.42. The largest absolute Gasteiger partial charge is 0.497 e. The molecule has 6 nitrogen and oxygen atoms in total. The van der Waals surface area contributed by atoms with Gasteiger partial charge in [-0.3, -0.25) is 14.2 Å². The van der Waals surface area contributed by atoms with Gasteiger partial charge < -0.3 is 9.47 Å². The molecule has 0 N–H and O–H groups in total. The van der Waals surface area contributed by atoms with Gasteiger partial charge >= 0.3 is 0 Å². The molecule has 0 aliphatic heterocycles. The minimum atomic E-state index is -0.262. The van der Waals surface area contributed by atoms with Crippen LogP contribution in [0.2, 0.25) is 0 Å². The second kappa shape index (κ2) is 7.89. The second-order valence-electron chi connectivity index (χ2n) is 6.36. The van der Waals surface area contributed by atoms with Gasteiger partial charge in [-0.1, -0.05) is 30.3 Å². The average molecular weight is 406 g/mol. The van der Waals surface area contributed by atoms with Crippen LogP contribution in [0.5, 0.6) is 11.5 Å². The summed E-state index contributed by atoms with van der Waals surface area (Å²) in [6.45, 7) is -0.137. The van der Waals surface area contributed by atoms with E-state index in [2.05, 4.69) is 4.98 Å². The molecule has 0 spiro atoms. The maximum Gasteiger partial charge on any atom is 0.262 e. The number of rotatable bonds is 6. The van der Waals surface area contributed by atoms with Crippen LogP contribution in [0.4, 0.5) is 0 Å². The Morgan fingerprint density at radius 3 is 2.59 bits per heavy atom. The van der Waals surface area contributed by atoms with E-state index in [-0.39, 0.29) is 17.9 Å². The van der Waals surface area contributed by atoms with Crippen LogP contribution >= 0.6 is 11.3 Å². The molecule has 4 rings (SSSR count). The number of hydrogen-bond donors (Lipinski definition) is 0. The summed E-state index contributed by atoms with van der Waals surface area (Å²) in [5.41, 5.74) is 1.14. The summed E-state index contributed by atoms with van der Waals surface area (Å²) in [5.74, 6) is 0.711. The number of hydrogen-bond acceptors (Lipinski definition) is 6. The van der Waals surface area contributed by atoms with Crippen molar-refractivity contribution in [2.45, 2.75) is 6.54 Å². The lowest BCUT2D eigenvalue weighted by molar-refractivity contribution is 0.0967. The predicted octanol–water partition coefficient (Wildman–Crippen LogP) is 4.03. The third-order valence-electron chi connectivity index (χ3n) is 4.60. The summed E-state index contributed by atoms with van der Waals surface area (Å²) >= 11 is 1.45. The molecule has 7 heteroatoms. The fraction of sp³-hybridized carbons (Fsp3) is 0.136. The molecule has 2 aromatic heterocycles. The van der Waals surface area contributed by atoms with E-state index in [0.29, 0.717) is 27.3 Å². The minimum Gasteiger partial charge on any atom is -0.497 e. The Labute approximate surface area is 171 Å². The number of carbonyl (C=O) groups excluding carboxylic acids is 1. The third-order valence-corrected chi connectivity index (χ3v) is 5.69. The number of ketones is 1. The van der Waals surface area contributed by atoms with E-state index < -0.39 is 0 Å². The summed E-state index contributed by atoms with van der Waals surface area (Å²) in [5, 5.41) is 0.502. The van der Waals surface area contributed by atoms with Crippen LogP contribution in [0, 0.1) is 0 Å². The zero-order valence-corrected chi connectivity index (χ0v) is 16.7. The van der Waals surface area contributed by atoms with Gasteiger partial charge in [0.2, 0.25) is 0 Å². The quantitative estimate of drug-likeness (QED) is 0.452. The molecular formula is C22H18N2O4S. The first kappa shape index (κ1) is 18.9. The number of thiophene rings is 1. The van der Waals surface area contributed by atoms with Gasteiger partial charge in [0.15, 0.2) is 5.78 Å². The first-order chi connectivity index (χ1) is 14.1. The van der Waals surface area contributed by atoms with Crippen molar-refractivity contribution < 1.29 is 14.3 Å². The van der Waals surface area contributed by atoms with Crippen LogP contribution in [0.1, 0.15) is 10.4 Å². The van der Waals surface area contributed by atoms with Crippen molar-refractivity contribution in [1.29, 1.82) is 0 Å². The van der Waals surface area contributed by atoms with Crippen LogP contribution < -0.4 is 15.0 Å². The monoisotopic (exact) mass is 406 g/mol. The minimum absolute atomic E-state index is 0.137. The van der Waals surface area contributed by atoms with Gasteiger partial charge in [-0.2, -0.15) is 0 Å². The van der Waals surface area contributed by atoms with Crippen LogP contribution in [0.15, 0.2) is 65.7 Å². The average Bonchev–Trinajstić information content (AvgIpc) is 3.21. The number of aromatic nitrogens is 2. The first-order valence-electron chi connectivity index (χ1n) is 8.90. The van der Waals surface area contributed by atoms with Crippen LogP contribution in [0.25, 0.3) is 20.7 Å². The van der Waals surface area contributed by atoms with E-state index in [1.54, 1.807) is 18.2 Å². The van der Waals surface area contributed by atoms with E-state index >= 15 is 0 Å². The summed E-state index contributed by atoms with van der Waals surface area (Å²) in [7, 11) is 3.02. The Balaban J connectivity index is 1.69. The molecule has 0 unspecified atom stereocenters. The van der Waals surface area contributed by atoms with Crippen molar-refractivity contribution in [3.05, 3.63) is 76.8 Å². The maximum atomic E-state index is 12.9. The number of carbonyl (C=O) groups is 1. The first-order valence-corrected chi connectivity index (χ1v) is 9.72. The SMILES string of the molecule is COc1ccc(OC)c(C(=O)Cn2cnc3sc(-c4ccccc4)cc3c2=O)c1. The van der Waals surface area contributed by atoms with Gasteiger partial charge in [-0.05, 0) is 29.8 Å². The van der Waals surface area contributed by atoms with Gasteiger partial charge in [0.05, 0.1) is 38.0 Å². The van der Waals surface area contributed by atoms with Crippen LogP contribution in [0.3, 0.4) is 0 Å². The second-order valence-corrected chi connectivity index (χ2v) is 7.39. The molecule has 2 aromatic carbocycles. The number of nitrogens with zero attached hydrogens (tertiary/aromatic N) is 2. The molecule has 2 heterocycles. The Hall–Kier alpha value is -3.45. The van der Waals surface area contributed by atoms with Gasteiger partial charge in [0.1, 0.15) is 16.3 Å². The number of methoxy groups -OCH3 is 2. The van der Waals surface area contributed by atoms with E-state index in [4.69, 9.17) is 9.47 Å².